The van der Waals surface area contributed by atoms with Gasteiger partial charge in [-0.3, -0.25) is 9.78 Å². The van der Waals surface area contributed by atoms with Gasteiger partial charge >= 0.3 is 0 Å². The molecule has 2 aromatic rings. The zero-order valence-electron chi connectivity index (χ0n) is 14.4. The summed E-state index contributed by atoms with van der Waals surface area (Å²) in [7, 11) is 1.71. The maximum atomic E-state index is 12.4. The van der Waals surface area contributed by atoms with Crippen molar-refractivity contribution in [3.05, 3.63) is 35.7 Å². The monoisotopic (exact) mass is 324 g/mol. The lowest BCUT2D eigenvalue weighted by molar-refractivity contribution is -0.133. The number of benzene rings is 1. The SMILES string of the molecule is COc1ccc2cnc(C3CCCN(C(=O)C4CC4)C3)cc2c1C. The number of piperidine rings is 1. The van der Waals surface area contributed by atoms with Crippen molar-refractivity contribution in [3.8, 4) is 5.75 Å². The fourth-order valence-electron chi connectivity index (χ4n) is 3.81. The number of nitrogens with zero attached hydrogens (tertiary/aromatic N) is 2. The van der Waals surface area contributed by atoms with Crippen molar-refractivity contribution in [2.24, 2.45) is 5.92 Å². The van der Waals surface area contributed by atoms with Gasteiger partial charge in [0.2, 0.25) is 5.91 Å². The zero-order chi connectivity index (χ0) is 16.7. The number of carbonyl (C=O) groups is 1. The molecule has 1 aromatic carbocycles. The predicted molar refractivity (Wildman–Crippen MR) is 94.3 cm³/mol. The molecular formula is C20H24N2O2. The van der Waals surface area contributed by atoms with Crippen LogP contribution in [0.5, 0.6) is 5.75 Å². The van der Waals surface area contributed by atoms with Gasteiger partial charge in [-0.2, -0.15) is 0 Å². The Balaban J connectivity index is 1.63. The number of rotatable bonds is 3. The van der Waals surface area contributed by atoms with E-state index >= 15 is 0 Å². The summed E-state index contributed by atoms with van der Waals surface area (Å²) in [6, 6.07) is 6.25. The Morgan fingerprint density at radius 2 is 2.12 bits per heavy atom. The second kappa shape index (κ2) is 6.08. The first-order valence-electron chi connectivity index (χ1n) is 8.89. The maximum Gasteiger partial charge on any atom is 0.225 e. The van der Waals surface area contributed by atoms with E-state index in [4.69, 9.17) is 9.72 Å². The molecule has 0 radical (unpaired) electrons. The first kappa shape index (κ1) is 15.4. The number of likely N-dealkylation sites (tertiary alicyclic amines) is 1. The Kier molecular flexibility index (Phi) is 3.91. The number of hydrogen-bond donors (Lipinski definition) is 0. The Labute approximate surface area is 142 Å². The summed E-state index contributed by atoms with van der Waals surface area (Å²) in [6.07, 6.45) is 6.29. The number of hydrogen-bond acceptors (Lipinski definition) is 3. The number of aryl methyl sites for hydroxylation is 1. The molecule has 2 heterocycles. The van der Waals surface area contributed by atoms with E-state index in [0.717, 1.165) is 61.2 Å². The third-order valence-electron chi connectivity index (χ3n) is 5.44. The van der Waals surface area contributed by atoms with Gasteiger partial charge in [0.15, 0.2) is 0 Å². The summed E-state index contributed by atoms with van der Waals surface area (Å²) in [4.78, 5) is 19.1. The number of ether oxygens (including phenoxy) is 1. The highest BCUT2D eigenvalue weighted by Gasteiger charge is 2.35. The van der Waals surface area contributed by atoms with Gasteiger partial charge in [-0.05, 0) is 61.8 Å². The molecule has 4 heteroatoms. The van der Waals surface area contributed by atoms with E-state index in [0.29, 0.717) is 17.7 Å². The van der Waals surface area contributed by atoms with Crippen LogP contribution in [0.1, 0.15) is 42.9 Å². The molecule has 0 bridgehead atoms. The number of methoxy groups -OCH3 is 1. The van der Waals surface area contributed by atoms with Crippen LogP contribution in [0, 0.1) is 12.8 Å². The van der Waals surface area contributed by atoms with Crippen LogP contribution in [0.25, 0.3) is 10.8 Å². The quantitative estimate of drug-likeness (QED) is 0.865. The molecule has 1 atom stereocenters. The summed E-state index contributed by atoms with van der Waals surface area (Å²) in [5.41, 5.74) is 2.26. The van der Waals surface area contributed by atoms with Crippen molar-refractivity contribution in [1.29, 1.82) is 0 Å². The molecule has 0 N–H and O–H groups in total. The van der Waals surface area contributed by atoms with Gasteiger partial charge in [0, 0.05) is 42.2 Å². The Hall–Kier alpha value is -2.10. The Morgan fingerprint density at radius 3 is 2.88 bits per heavy atom. The van der Waals surface area contributed by atoms with E-state index in [9.17, 15) is 4.79 Å². The van der Waals surface area contributed by atoms with Crippen molar-refractivity contribution in [3.63, 3.8) is 0 Å². The molecule has 0 spiro atoms. The van der Waals surface area contributed by atoms with E-state index in [-0.39, 0.29) is 0 Å². The predicted octanol–water partition coefficient (Wildman–Crippen LogP) is 3.67. The van der Waals surface area contributed by atoms with Crippen LogP contribution in [0.3, 0.4) is 0 Å². The van der Waals surface area contributed by atoms with Crippen molar-refractivity contribution in [2.45, 2.75) is 38.5 Å². The van der Waals surface area contributed by atoms with Crippen LogP contribution in [0.2, 0.25) is 0 Å². The van der Waals surface area contributed by atoms with Gasteiger partial charge in [0.05, 0.1) is 7.11 Å². The second-order valence-electron chi connectivity index (χ2n) is 7.12. The fourth-order valence-corrected chi connectivity index (χ4v) is 3.81. The van der Waals surface area contributed by atoms with Crippen LogP contribution in [-0.4, -0.2) is 36.0 Å². The van der Waals surface area contributed by atoms with Gasteiger partial charge in [-0.15, -0.1) is 0 Å². The van der Waals surface area contributed by atoms with E-state index < -0.39 is 0 Å². The van der Waals surface area contributed by atoms with Gasteiger partial charge in [0.1, 0.15) is 5.75 Å². The summed E-state index contributed by atoms with van der Waals surface area (Å²) in [5, 5.41) is 2.34. The minimum Gasteiger partial charge on any atom is -0.496 e. The topological polar surface area (TPSA) is 42.4 Å². The van der Waals surface area contributed by atoms with Crippen molar-refractivity contribution < 1.29 is 9.53 Å². The van der Waals surface area contributed by atoms with Crippen LogP contribution >= 0.6 is 0 Å². The largest absolute Gasteiger partial charge is 0.496 e. The Morgan fingerprint density at radius 1 is 1.29 bits per heavy atom. The number of aromatic nitrogens is 1. The van der Waals surface area contributed by atoms with Gasteiger partial charge < -0.3 is 9.64 Å². The average molecular weight is 324 g/mol. The van der Waals surface area contributed by atoms with Crippen molar-refractivity contribution in [2.75, 3.05) is 20.2 Å². The molecule has 1 amide bonds. The molecule has 1 aliphatic carbocycles. The molecule has 1 aliphatic heterocycles. The number of amides is 1. The summed E-state index contributed by atoms with van der Waals surface area (Å²) in [5.74, 6) is 1.92. The van der Waals surface area contributed by atoms with Crippen molar-refractivity contribution >= 4 is 16.7 Å². The minimum absolute atomic E-state index is 0.305. The highest BCUT2D eigenvalue weighted by molar-refractivity contribution is 5.87. The summed E-state index contributed by atoms with van der Waals surface area (Å²) in [6.45, 7) is 3.82. The zero-order valence-corrected chi connectivity index (χ0v) is 14.4. The first-order chi connectivity index (χ1) is 11.7. The molecule has 1 aromatic heterocycles. The summed E-state index contributed by atoms with van der Waals surface area (Å²) >= 11 is 0. The van der Waals surface area contributed by atoms with Crippen LogP contribution < -0.4 is 4.74 Å². The molecule has 2 fully saturated rings. The number of fused-ring (bicyclic) bond motifs is 1. The van der Waals surface area contributed by atoms with Crippen LogP contribution in [-0.2, 0) is 4.79 Å². The average Bonchev–Trinajstić information content (AvgIpc) is 3.46. The standard InChI is InChI=1S/C20H24N2O2/c1-13-17-10-18(21-11-15(17)7-8-19(13)24-2)16-4-3-9-22(12-16)20(23)14-5-6-14/h7-8,10-11,14,16H,3-6,9,12H2,1-2H3. The van der Waals surface area contributed by atoms with Gasteiger partial charge in [-0.1, -0.05) is 0 Å². The fraction of sp³-hybridized carbons (Fsp3) is 0.500. The van der Waals surface area contributed by atoms with Crippen LogP contribution in [0.15, 0.2) is 24.4 Å². The van der Waals surface area contributed by atoms with E-state index in [2.05, 4.69) is 24.0 Å². The van der Waals surface area contributed by atoms with Crippen LogP contribution in [0.4, 0.5) is 0 Å². The number of carbonyl (C=O) groups excluding carboxylic acids is 1. The second-order valence-corrected chi connectivity index (χ2v) is 7.12. The van der Waals surface area contributed by atoms with E-state index in [1.807, 2.05) is 12.3 Å². The van der Waals surface area contributed by atoms with Crippen molar-refractivity contribution in [1.82, 2.24) is 9.88 Å². The Bertz CT molecular complexity index is 783. The molecular weight excluding hydrogens is 300 g/mol. The minimum atomic E-state index is 0.305. The molecule has 1 saturated heterocycles. The lowest BCUT2D eigenvalue weighted by atomic mass is 9.92. The molecule has 2 aliphatic rings. The maximum absolute atomic E-state index is 12.4. The van der Waals surface area contributed by atoms with Gasteiger partial charge in [0.25, 0.3) is 0 Å². The lowest BCUT2D eigenvalue weighted by Crippen LogP contribution is -2.40. The molecule has 1 unspecified atom stereocenters. The smallest absolute Gasteiger partial charge is 0.225 e. The molecule has 24 heavy (non-hydrogen) atoms. The normalized spacial score (nSPS) is 21.1. The van der Waals surface area contributed by atoms with E-state index in [1.165, 1.54) is 5.39 Å². The third kappa shape index (κ3) is 2.74. The highest BCUT2D eigenvalue weighted by atomic mass is 16.5. The molecule has 4 nitrogen and oxygen atoms in total. The summed E-state index contributed by atoms with van der Waals surface area (Å²) < 4.78 is 5.45. The lowest BCUT2D eigenvalue weighted by Gasteiger charge is -2.32. The highest BCUT2D eigenvalue weighted by Crippen LogP contribution is 2.35. The third-order valence-corrected chi connectivity index (χ3v) is 5.44. The van der Waals surface area contributed by atoms with Gasteiger partial charge in [-0.25, -0.2) is 0 Å². The van der Waals surface area contributed by atoms with E-state index in [1.54, 1.807) is 7.11 Å². The molecule has 4 rings (SSSR count). The number of pyridine rings is 1. The molecule has 126 valence electrons. The molecule has 1 saturated carbocycles. The first-order valence-corrected chi connectivity index (χ1v) is 8.89.